The molecule has 118 valence electrons. The van der Waals surface area contributed by atoms with Gasteiger partial charge in [0, 0.05) is 12.0 Å². The number of nitrogens with two attached hydrogens (primary N) is 1. The molecule has 0 amide bonds. The Hall–Kier alpha value is -0.860. The molecule has 1 aliphatic rings. The van der Waals surface area contributed by atoms with E-state index in [1.807, 2.05) is 6.07 Å². The Morgan fingerprint density at radius 1 is 1.29 bits per heavy atom. The highest BCUT2D eigenvalue weighted by atomic mass is 16.3. The molecule has 21 heavy (non-hydrogen) atoms. The van der Waals surface area contributed by atoms with Crippen LogP contribution in [0.25, 0.3) is 0 Å². The van der Waals surface area contributed by atoms with Crippen molar-refractivity contribution >= 4 is 0 Å². The smallest absolute Gasteiger partial charge is 0.0860 e. The zero-order chi connectivity index (χ0) is 15.5. The lowest BCUT2D eigenvalue weighted by atomic mass is 9.65. The molecule has 0 radical (unpaired) electrons. The minimum atomic E-state index is -0.426. The van der Waals surface area contributed by atoms with Gasteiger partial charge in [-0.05, 0) is 62.1 Å². The van der Waals surface area contributed by atoms with Crippen LogP contribution in [0.1, 0.15) is 68.2 Å². The van der Waals surface area contributed by atoms with Gasteiger partial charge in [-0.2, -0.15) is 0 Å². The molecular weight excluding hydrogens is 258 g/mol. The molecule has 1 fully saturated rings. The topological polar surface area (TPSA) is 46.2 Å². The van der Waals surface area contributed by atoms with E-state index in [1.165, 1.54) is 36.8 Å². The first-order valence-electron chi connectivity index (χ1n) is 8.48. The predicted octanol–water partition coefficient (Wildman–Crippen LogP) is 4.27. The summed E-state index contributed by atoms with van der Waals surface area (Å²) in [7, 11) is 0. The average Bonchev–Trinajstić information content (AvgIpc) is 2.51. The minimum Gasteiger partial charge on any atom is -0.388 e. The summed E-state index contributed by atoms with van der Waals surface area (Å²) in [6.07, 6.45) is 6.70. The first kappa shape index (κ1) is 16.5. The SMILES string of the molecule is CCCC1CCC(CN)(C(O)c2cccc(C)c2C)CC1. The molecule has 0 spiro atoms. The summed E-state index contributed by atoms with van der Waals surface area (Å²) in [6.45, 7) is 7.07. The van der Waals surface area contributed by atoms with Gasteiger partial charge in [0.25, 0.3) is 0 Å². The van der Waals surface area contributed by atoms with Crippen LogP contribution < -0.4 is 5.73 Å². The highest BCUT2D eigenvalue weighted by Crippen LogP contribution is 2.48. The molecule has 1 aromatic rings. The molecule has 1 aromatic carbocycles. The lowest BCUT2D eigenvalue weighted by Gasteiger charge is -2.43. The lowest BCUT2D eigenvalue weighted by Crippen LogP contribution is -2.40. The molecule has 1 unspecified atom stereocenters. The molecular formula is C19H31NO. The van der Waals surface area contributed by atoms with Gasteiger partial charge in [-0.25, -0.2) is 0 Å². The number of aryl methyl sites for hydroxylation is 1. The summed E-state index contributed by atoms with van der Waals surface area (Å²) in [5.41, 5.74) is 9.54. The summed E-state index contributed by atoms with van der Waals surface area (Å²) in [4.78, 5) is 0. The van der Waals surface area contributed by atoms with E-state index >= 15 is 0 Å². The van der Waals surface area contributed by atoms with Crippen molar-refractivity contribution in [2.24, 2.45) is 17.1 Å². The number of aliphatic hydroxyl groups is 1. The highest BCUT2D eigenvalue weighted by Gasteiger charge is 2.41. The van der Waals surface area contributed by atoms with Gasteiger partial charge in [0.05, 0.1) is 6.10 Å². The summed E-state index contributed by atoms with van der Waals surface area (Å²) >= 11 is 0. The van der Waals surface area contributed by atoms with E-state index in [2.05, 4.69) is 32.9 Å². The molecule has 1 aliphatic carbocycles. The third-order valence-corrected chi connectivity index (χ3v) is 5.73. The van der Waals surface area contributed by atoms with Crippen LogP contribution in [0.4, 0.5) is 0 Å². The zero-order valence-electron chi connectivity index (χ0n) is 13.9. The second-order valence-electron chi connectivity index (χ2n) is 6.99. The Labute approximate surface area is 129 Å². The fourth-order valence-electron chi connectivity index (χ4n) is 3.94. The number of rotatable bonds is 5. The van der Waals surface area contributed by atoms with Crippen LogP contribution in [0.3, 0.4) is 0 Å². The van der Waals surface area contributed by atoms with Crippen molar-refractivity contribution in [3.63, 3.8) is 0 Å². The van der Waals surface area contributed by atoms with Crippen LogP contribution in [-0.4, -0.2) is 11.7 Å². The number of hydrogen-bond donors (Lipinski definition) is 2. The third kappa shape index (κ3) is 3.32. The highest BCUT2D eigenvalue weighted by molar-refractivity contribution is 5.35. The van der Waals surface area contributed by atoms with Crippen molar-refractivity contribution in [3.8, 4) is 0 Å². The van der Waals surface area contributed by atoms with Crippen molar-refractivity contribution < 1.29 is 5.11 Å². The van der Waals surface area contributed by atoms with E-state index in [1.54, 1.807) is 0 Å². The Morgan fingerprint density at radius 2 is 1.95 bits per heavy atom. The molecule has 2 rings (SSSR count). The molecule has 1 saturated carbocycles. The predicted molar refractivity (Wildman–Crippen MR) is 89.2 cm³/mol. The normalized spacial score (nSPS) is 27.6. The third-order valence-electron chi connectivity index (χ3n) is 5.73. The molecule has 0 aromatic heterocycles. The molecule has 2 nitrogen and oxygen atoms in total. The van der Waals surface area contributed by atoms with Crippen LogP contribution in [0.15, 0.2) is 18.2 Å². The maximum atomic E-state index is 11.0. The minimum absolute atomic E-state index is 0.122. The quantitative estimate of drug-likeness (QED) is 0.850. The fourth-order valence-corrected chi connectivity index (χ4v) is 3.94. The summed E-state index contributed by atoms with van der Waals surface area (Å²) in [6, 6.07) is 6.23. The van der Waals surface area contributed by atoms with E-state index in [4.69, 9.17) is 5.73 Å². The lowest BCUT2D eigenvalue weighted by molar-refractivity contribution is -0.0112. The molecule has 0 saturated heterocycles. The molecule has 0 heterocycles. The Bertz CT molecular complexity index is 461. The first-order valence-corrected chi connectivity index (χ1v) is 8.48. The van der Waals surface area contributed by atoms with Crippen LogP contribution in [0, 0.1) is 25.2 Å². The van der Waals surface area contributed by atoms with E-state index < -0.39 is 6.10 Å². The maximum Gasteiger partial charge on any atom is 0.0860 e. The van der Waals surface area contributed by atoms with E-state index in [9.17, 15) is 5.11 Å². The van der Waals surface area contributed by atoms with Gasteiger partial charge in [0.2, 0.25) is 0 Å². The van der Waals surface area contributed by atoms with Crippen LogP contribution in [0.5, 0.6) is 0 Å². The molecule has 3 N–H and O–H groups in total. The Kier molecular flexibility index (Phi) is 5.45. The Morgan fingerprint density at radius 3 is 2.52 bits per heavy atom. The molecule has 0 aliphatic heterocycles. The first-order chi connectivity index (χ1) is 10.0. The van der Waals surface area contributed by atoms with E-state index in [0.29, 0.717) is 6.54 Å². The maximum absolute atomic E-state index is 11.0. The largest absolute Gasteiger partial charge is 0.388 e. The fraction of sp³-hybridized carbons (Fsp3) is 0.684. The van der Waals surface area contributed by atoms with Crippen molar-refractivity contribution in [1.82, 2.24) is 0 Å². The van der Waals surface area contributed by atoms with Gasteiger partial charge >= 0.3 is 0 Å². The zero-order valence-corrected chi connectivity index (χ0v) is 13.9. The number of hydrogen-bond acceptors (Lipinski definition) is 2. The Balaban J connectivity index is 2.19. The standard InChI is InChI=1S/C19H31NO/c1-4-6-16-9-11-19(13-20,12-10-16)18(21)17-8-5-7-14(2)15(17)3/h5,7-8,16,18,21H,4,6,9-13,20H2,1-3H3. The van der Waals surface area contributed by atoms with Gasteiger partial charge < -0.3 is 10.8 Å². The van der Waals surface area contributed by atoms with Gasteiger partial charge in [0.15, 0.2) is 0 Å². The van der Waals surface area contributed by atoms with E-state index in [0.717, 1.165) is 24.3 Å². The van der Waals surface area contributed by atoms with Crippen LogP contribution >= 0.6 is 0 Å². The number of benzene rings is 1. The molecule has 2 heteroatoms. The van der Waals surface area contributed by atoms with Gasteiger partial charge in [-0.1, -0.05) is 38.0 Å². The van der Waals surface area contributed by atoms with Gasteiger partial charge in [0.1, 0.15) is 0 Å². The van der Waals surface area contributed by atoms with Crippen LogP contribution in [-0.2, 0) is 0 Å². The van der Waals surface area contributed by atoms with Gasteiger partial charge in [-0.3, -0.25) is 0 Å². The number of aliphatic hydroxyl groups excluding tert-OH is 1. The summed E-state index contributed by atoms with van der Waals surface area (Å²) in [5.74, 6) is 0.834. The summed E-state index contributed by atoms with van der Waals surface area (Å²) < 4.78 is 0. The van der Waals surface area contributed by atoms with Crippen LogP contribution in [0.2, 0.25) is 0 Å². The second-order valence-corrected chi connectivity index (χ2v) is 6.99. The molecule has 1 atom stereocenters. The average molecular weight is 289 g/mol. The second kappa shape index (κ2) is 6.93. The van der Waals surface area contributed by atoms with Crippen molar-refractivity contribution in [2.75, 3.05) is 6.54 Å². The van der Waals surface area contributed by atoms with Gasteiger partial charge in [-0.15, -0.1) is 0 Å². The summed E-state index contributed by atoms with van der Waals surface area (Å²) in [5, 5.41) is 11.0. The van der Waals surface area contributed by atoms with Crippen molar-refractivity contribution in [3.05, 3.63) is 34.9 Å². The monoisotopic (exact) mass is 289 g/mol. The van der Waals surface area contributed by atoms with E-state index in [-0.39, 0.29) is 5.41 Å². The molecule has 0 bridgehead atoms. The van der Waals surface area contributed by atoms with Crippen molar-refractivity contribution in [2.45, 2.75) is 65.4 Å². The van der Waals surface area contributed by atoms with Crippen molar-refractivity contribution in [1.29, 1.82) is 0 Å².